The first-order valence-electron chi connectivity index (χ1n) is 12.5. The lowest BCUT2D eigenvalue weighted by atomic mass is 9.98. The van der Waals surface area contributed by atoms with Crippen LogP contribution < -0.4 is 14.8 Å². The van der Waals surface area contributed by atoms with Crippen LogP contribution in [0.15, 0.2) is 78.9 Å². The lowest BCUT2D eigenvalue weighted by Gasteiger charge is -2.12. The Kier molecular flexibility index (Phi) is 6.14. The SMILES string of the molecule is COc1ccc(NC(=S)c2c(-c3ccc(OC)cc3)c3c4n(c(-c5ccccc5)nn24)CCCC3)cc1. The lowest BCUT2D eigenvalue weighted by Crippen LogP contribution is -2.15. The molecule has 1 aliphatic rings. The second-order valence-electron chi connectivity index (χ2n) is 9.15. The average molecular weight is 509 g/mol. The number of aryl methyl sites for hydroxylation is 2. The Morgan fingerprint density at radius 2 is 1.51 bits per heavy atom. The van der Waals surface area contributed by atoms with E-state index < -0.39 is 0 Å². The van der Waals surface area contributed by atoms with Crippen molar-refractivity contribution in [2.45, 2.75) is 25.8 Å². The molecule has 6 nitrogen and oxygen atoms in total. The molecular formula is C30H28N4O2S. The van der Waals surface area contributed by atoms with Gasteiger partial charge in [0.25, 0.3) is 0 Å². The van der Waals surface area contributed by atoms with Crippen molar-refractivity contribution in [3.63, 3.8) is 0 Å². The Balaban J connectivity index is 1.57. The molecule has 5 aromatic rings. The normalized spacial score (nSPS) is 12.8. The molecule has 3 aromatic carbocycles. The first-order chi connectivity index (χ1) is 18.2. The van der Waals surface area contributed by atoms with Crippen LogP contribution in [-0.4, -0.2) is 33.4 Å². The summed E-state index contributed by atoms with van der Waals surface area (Å²) in [5.74, 6) is 2.59. The van der Waals surface area contributed by atoms with Crippen molar-refractivity contribution >= 4 is 28.5 Å². The zero-order chi connectivity index (χ0) is 25.4. The molecule has 0 radical (unpaired) electrons. The van der Waals surface area contributed by atoms with E-state index in [1.165, 1.54) is 5.56 Å². The second kappa shape index (κ2) is 9.75. The predicted molar refractivity (Wildman–Crippen MR) is 152 cm³/mol. The topological polar surface area (TPSA) is 52.7 Å². The number of ether oxygens (including phenoxy) is 2. The minimum atomic E-state index is 0.627. The van der Waals surface area contributed by atoms with Gasteiger partial charge >= 0.3 is 0 Å². The molecule has 2 aromatic heterocycles. The molecular weight excluding hydrogens is 480 g/mol. The summed E-state index contributed by atoms with van der Waals surface area (Å²) in [5, 5.41) is 8.63. The largest absolute Gasteiger partial charge is 0.497 e. The number of rotatable bonds is 6. The van der Waals surface area contributed by atoms with Crippen molar-refractivity contribution in [3.05, 3.63) is 90.1 Å². The summed E-state index contributed by atoms with van der Waals surface area (Å²) >= 11 is 6.07. The number of thiocarbonyl (C=S) groups is 1. The van der Waals surface area contributed by atoms with Gasteiger partial charge in [0, 0.05) is 28.9 Å². The van der Waals surface area contributed by atoms with Gasteiger partial charge in [0.1, 0.15) is 27.8 Å². The molecule has 0 aliphatic carbocycles. The molecule has 0 unspecified atom stereocenters. The number of anilines is 1. The van der Waals surface area contributed by atoms with Crippen LogP contribution in [-0.2, 0) is 13.0 Å². The molecule has 0 bridgehead atoms. The number of benzene rings is 3. The van der Waals surface area contributed by atoms with Crippen LogP contribution in [0.25, 0.3) is 28.2 Å². The van der Waals surface area contributed by atoms with Crippen LogP contribution in [0.4, 0.5) is 5.69 Å². The van der Waals surface area contributed by atoms with E-state index in [4.69, 9.17) is 26.8 Å². The van der Waals surface area contributed by atoms with Crippen LogP contribution >= 0.6 is 12.2 Å². The summed E-state index contributed by atoms with van der Waals surface area (Å²) in [6, 6.07) is 26.4. The van der Waals surface area contributed by atoms with E-state index in [9.17, 15) is 0 Å². The van der Waals surface area contributed by atoms with Crippen molar-refractivity contribution in [2.75, 3.05) is 19.5 Å². The summed E-state index contributed by atoms with van der Waals surface area (Å²) < 4.78 is 15.2. The maximum absolute atomic E-state index is 6.07. The Morgan fingerprint density at radius 1 is 0.838 bits per heavy atom. The summed E-state index contributed by atoms with van der Waals surface area (Å²) in [6.45, 7) is 0.922. The van der Waals surface area contributed by atoms with Gasteiger partial charge in [-0.25, -0.2) is 4.52 Å². The highest BCUT2D eigenvalue weighted by molar-refractivity contribution is 7.81. The minimum Gasteiger partial charge on any atom is -0.497 e. The second-order valence-corrected chi connectivity index (χ2v) is 9.56. The fraction of sp³-hybridized carbons (Fsp3) is 0.200. The Bertz CT molecular complexity index is 1570. The summed E-state index contributed by atoms with van der Waals surface area (Å²) in [7, 11) is 3.35. The molecule has 0 saturated heterocycles. The lowest BCUT2D eigenvalue weighted by molar-refractivity contribution is 0.415. The van der Waals surface area contributed by atoms with E-state index in [0.717, 1.165) is 76.8 Å². The van der Waals surface area contributed by atoms with Gasteiger partial charge in [0.2, 0.25) is 0 Å². The number of nitrogens with zero attached hydrogens (tertiary/aromatic N) is 3. The molecule has 0 amide bonds. The van der Waals surface area contributed by atoms with E-state index in [-0.39, 0.29) is 0 Å². The summed E-state index contributed by atoms with van der Waals surface area (Å²) in [5.41, 5.74) is 7.54. The van der Waals surface area contributed by atoms with Crippen LogP contribution in [0.3, 0.4) is 0 Å². The third-order valence-corrected chi connectivity index (χ3v) is 7.25. The molecule has 3 heterocycles. The van der Waals surface area contributed by atoms with Crippen LogP contribution in [0.5, 0.6) is 11.5 Å². The van der Waals surface area contributed by atoms with Gasteiger partial charge in [-0.15, -0.1) is 5.10 Å². The van der Waals surface area contributed by atoms with Crippen LogP contribution in [0.2, 0.25) is 0 Å². The minimum absolute atomic E-state index is 0.627. The van der Waals surface area contributed by atoms with E-state index in [2.05, 4.69) is 50.8 Å². The maximum atomic E-state index is 6.07. The highest BCUT2D eigenvalue weighted by Gasteiger charge is 2.29. The van der Waals surface area contributed by atoms with Crippen molar-refractivity contribution in [1.29, 1.82) is 0 Å². The zero-order valence-corrected chi connectivity index (χ0v) is 21.7. The van der Waals surface area contributed by atoms with Gasteiger partial charge < -0.3 is 19.4 Å². The highest BCUT2D eigenvalue weighted by atomic mass is 32.1. The van der Waals surface area contributed by atoms with Crippen LogP contribution in [0, 0.1) is 0 Å². The molecule has 0 fully saturated rings. The molecule has 7 heteroatoms. The number of methoxy groups -OCH3 is 2. The quantitative estimate of drug-likeness (QED) is 0.262. The van der Waals surface area contributed by atoms with Gasteiger partial charge in [-0.2, -0.15) is 0 Å². The number of aromatic nitrogens is 3. The van der Waals surface area contributed by atoms with Crippen molar-refractivity contribution < 1.29 is 9.47 Å². The molecule has 0 spiro atoms. The monoisotopic (exact) mass is 508 g/mol. The predicted octanol–water partition coefficient (Wildman–Crippen LogP) is 6.61. The molecule has 1 N–H and O–H groups in total. The van der Waals surface area contributed by atoms with Gasteiger partial charge in [-0.1, -0.05) is 54.7 Å². The summed E-state index contributed by atoms with van der Waals surface area (Å²) in [6.07, 6.45) is 3.18. The first kappa shape index (κ1) is 23.3. The van der Waals surface area contributed by atoms with Crippen molar-refractivity contribution in [3.8, 4) is 34.0 Å². The van der Waals surface area contributed by atoms with E-state index in [0.29, 0.717) is 4.99 Å². The summed E-state index contributed by atoms with van der Waals surface area (Å²) in [4.78, 5) is 0.627. The van der Waals surface area contributed by atoms with Gasteiger partial charge in [-0.05, 0) is 61.2 Å². The van der Waals surface area contributed by atoms with E-state index in [1.807, 2.05) is 42.5 Å². The van der Waals surface area contributed by atoms with Crippen molar-refractivity contribution in [1.82, 2.24) is 14.2 Å². The molecule has 0 atom stereocenters. The third-order valence-electron chi connectivity index (χ3n) is 6.96. The zero-order valence-electron chi connectivity index (χ0n) is 20.9. The fourth-order valence-corrected chi connectivity index (χ4v) is 5.49. The Morgan fingerprint density at radius 3 is 2.19 bits per heavy atom. The molecule has 186 valence electrons. The fourth-order valence-electron chi connectivity index (χ4n) is 5.18. The first-order valence-corrected chi connectivity index (χ1v) is 12.9. The number of nitrogens with one attached hydrogen (secondary N) is 1. The molecule has 6 rings (SSSR count). The average Bonchev–Trinajstić information content (AvgIpc) is 3.37. The molecule has 1 aliphatic heterocycles. The third kappa shape index (κ3) is 4.15. The number of hydrogen-bond acceptors (Lipinski definition) is 4. The molecule has 37 heavy (non-hydrogen) atoms. The Labute approximate surface area is 221 Å². The highest BCUT2D eigenvalue weighted by Crippen LogP contribution is 2.39. The van der Waals surface area contributed by atoms with E-state index >= 15 is 0 Å². The smallest absolute Gasteiger partial charge is 0.162 e. The maximum Gasteiger partial charge on any atom is 0.162 e. The van der Waals surface area contributed by atoms with Crippen molar-refractivity contribution in [2.24, 2.45) is 0 Å². The Hall–Kier alpha value is -4.10. The van der Waals surface area contributed by atoms with Crippen LogP contribution in [0.1, 0.15) is 24.1 Å². The standard InChI is InChI=1S/C30H28N4O2S/c1-35-23-15-11-20(12-16-23)26-25-10-6-7-19-33-28(21-8-4-3-5-9-21)32-34(30(25)33)27(26)29(37)31-22-13-17-24(36-2)18-14-22/h3-5,8-9,11-18H,6-7,10,19H2,1-2H3,(H,31,37). The molecule has 0 saturated carbocycles. The van der Waals surface area contributed by atoms with Gasteiger partial charge in [0.15, 0.2) is 5.82 Å². The number of hydrogen-bond donors (Lipinski definition) is 1. The van der Waals surface area contributed by atoms with Gasteiger partial charge in [0.05, 0.1) is 14.2 Å². The van der Waals surface area contributed by atoms with Gasteiger partial charge in [-0.3, -0.25) is 0 Å². The van der Waals surface area contributed by atoms with E-state index in [1.54, 1.807) is 14.2 Å².